The van der Waals surface area contributed by atoms with Crippen molar-refractivity contribution in [1.29, 1.82) is 0 Å². The predicted molar refractivity (Wildman–Crippen MR) is 68.4 cm³/mol. The second-order valence-corrected chi connectivity index (χ2v) is 4.20. The standard InChI is InChI=1S/C11H12N4O5/c1-2-6(5-9(16)17)12-7-3-4-8(15(18)19)11-10(7)13-20-14-11/h3-4,6,12H,2,5H2,1H3,(H,16,17). The van der Waals surface area contributed by atoms with Crippen LogP contribution in [0, 0.1) is 10.1 Å². The molecule has 0 aliphatic rings. The molecule has 1 atom stereocenters. The molecule has 20 heavy (non-hydrogen) atoms. The van der Waals surface area contributed by atoms with Gasteiger partial charge in [0.15, 0.2) is 5.52 Å². The van der Waals surface area contributed by atoms with Gasteiger partial charge < -0.3 is 10.4 Å². The van der Waals surface area contributed by atoms with Gasteiger partial charge in [0.2, 0.25) is 5.52 Å². The number of aliphatic carboxylic acids is 1. The van der Waals surface area contributed by atoms with Crippen LogP contribution in [0.15, 0.2) is 16.8 Å². The number of fused-ring (bicyclic) bond motifs is 1. The summed E-state index contributed by atoms with van der Waals surface area (Å²) < 4.78 is 4.53. The Morgan fingerprint density at radius 2 is 2.20 bits per heavy atom. The molecule has 2 rings (SSSR count). The van der Waals surface area contributed by atoms with Crippen molar-refractivity contribution < 1.29 is 19.5 Å². The number of carboxylic acids is 1. The second-order valence-electron chi connectivity index (χ2n) is 4.20. The summed E-state index contributed by atoms with van der Waals surface area (Å²) >= 11 is 0. The Bertz CT molecular complexity index is 653. The number of non-ortho nitro benzene ring substituents is 1. The Kier molecular flexibility index (Phi) is 3.78. The van der Waals surface area contributed by atoms with Gasteiger partial charge in [-0.1, -0.05) is 6.92 Å². The highest BCUT2D eigenvalue weighted by Gasteiger charge is 2.21. The van der Waals surface area contributed by atoms with Crippen LogP contribution in [0.25, 0.3) is 11.0 Å². The molecular weight excluding hydrogens is 268 g/mol. The summed E-state index contributed by atoms with van der Waals surface area (Å²) in [5.41, 5.74) is 0.492. The SMILES string of the molecule is CCC(CC(=O)O)Nc1ccc([N+](=O)[O-])c2nonc12. The highest BCUT2D eigenvalue weighted by molar-refractivity contribution is 5.93. The van der Waals surface area contributed by atoms with E-state index in [1.54, 1.807) is 0 Å². The summed E-state index contributed by atoms with van der Waals surface area (Å²) in [4.78, 5) is 21.0. The number of nitrogens with one attached hydrogen (secondary N) is 1. The van der Waals surface area contributed by atoms with Gasteiger partial charge in [0, 0.05) is 12.1 Å². The molecule has 106 valence electrons. The molecule has 1 aromatic heterocycles. The van der Waals surface area contributed by atoms with E-state index < -0.39 is 10.9 Å². The minimum atomic E-state index is -0.930. The average molecular weight is 280 g/mol. The zero-order valence-corrected chi connectivity index (χ0v) is 10.6. The Morgan fingerprint density at radius 1 is 1.50 bits per heavy atom. The third kappa shape index (κ3) is 2.66. The molecule has 0 saturated heterocycles. The summed E-state index contributed by atoms with van der Waals surface area (Å²) in [6.45, 7) is 1.84. The van der Waals surface area contributed by atoms with Crippen molar-refractivity contribution in [2.45, 2.75) is 25.8 Å². The first kappa shape index (κ1) is 13.7. The molecular formula is C11H12N4O5. The lowest BCUT2D eigenvalue weighted by molar-refractivity contribution is -0.383. The Hall–Kier alpha value is -2.71. The number of nitrogens with zero attached hydrogens (tertiary/aromatic N) is 3. The molecule has 0 amide bonds. The van der Waals surface area contributed by atoms with Crippen LogP contribution in [-0.4, -0.2) is 32.4 Å². The van der Waals surface area contributed by atoms with Crippen LogP contribution in [-0.2, 0) is 4.79 Å². The quantitative estimate of drug-likeness (QED) is 0.604. The van der Waals surface area contributed by atoms with Crippen molar-refractivity contribution in [2.24, 2.45) is 0 Å². The van der Waals surface area contributed by atoms with Gasteiger partial charge in [-0.05, 0) is 22.8 Å². The largest absolute Gasteiger partial charge is 0.481 e. The third-order valence-electron chi connectivity index (χ3n) is 2.86. The summed E-state index contributed by atoms with van der Waals surface area (Å²) in [7, 11) is 0. The lowest BCUT2D eigenvalue weighted by Crippen LogP contribution is -2.22. The maximum atomic E-state index is 10.8. The Morgan fingerprint density at radius 3 is 2.80 bits per heavy atom. The van der Waals surface area contributed by atoms with Crippen LogP contribution in [0.3, 0.4) is 0 Å². The fraction of sp³-hybridized carbons (Fsp3) is 0.364. The number of hydrogen-bond donors (Lipinski definition) is 2. The molecule has 2 aromatic rings. The molecule has 0 saturated carbocycles. The normalized spacial score (nSPS) is 12.2. The van der Waals surface area contributed by atoms with Gasteiger partial charge in [0.1, 0.15) is 0 Å². The number of nitro benzene ring substituents is 1. The van der Waals surface area contributed by atoms with E-state index in [9.17, 15) is 14.9 Å². The van der Waals surface area contributed by atoms with Crippen molar-refractivity contribution in [3.63, 3.8) is 0 Å². The maximum Gasteiger partial charge on any atom is 0.305 e. The van der Waals surface area contributed by atoms with Crippen LogP contribution in [0.2, 0.25) is 0 Å². The van der Waals surface area contributed by atoms with Crippen molar-refractivity contribution >= 4 is 28.4 Å². The van der Waals surface area contributed by atoms with Gasteiger partial charge in [-0.3, -0.25) is 14.9 Å². The molecule has 0 fully saturated rings. The van der Waals surface area contributed by atoms with Crippen molar-refractivity contribution in [3.05, 3.63) is 22.2 Å². The van der Waals surface area contributed by atoms with E-state index in [0.717, 1.165) is 0 Å². The fourth-order valence-corrected chi connectivity index (χ4v) is 1.85. The van der Waals surface area contributed by atoms with Gasteiger partial charge >= 0.3 is 11.7 Å². The molecule has 0 aliphatic heterocycles. The summed E-state index contributed by atoms with van der Waals surface area (Å²) in [5, 5.41) is 29.8. The van der Waals surface area contributed by atoms with Gasteiger partial charge in [0.05, 0.1) is 17.0 Å². The molecule has 0 radical (unpaired) electrons. The van der Waals surface area contributed by atoms with E-state index in [1.807, 2.05) is 6.92 Å². The van der Waals surface area contributed by atoms with E-state index in [-0.39, 0.29) is 29.2 Å². The van der Waals surface area contributed by atoms with Gasteiger partial charge in [-0.15, -0.1) is 0 Å². The molecule has 2 N–H and O–H groups in total. The van der Waals surface area contributed by atoms with E-state index in [2.05, 4.69) is 20.3 Å². The summed E-state index contributed by atoms with van der Waals surface area (Å²) in [6.07, 6.45) is 0.510. The molecule has 0 bridgehead atoms. The number of hydrogen-bond acceptors (Lipinski definition) is 7. The minimum Gasteiger partial charge on any atom is -0.481 e. The van der Waals surface area contributed by atoms with E-state index in [0.29, 0.717) is 12.1 Å². The van der Waals surface area contributed by atoms with E-state index in [1.165, 1.54) is 12.1 Å². The first-order valence-electron chi connectivity index (χ1n) is 5.91. The number of nitro groups is 1. The van der Waals surface area contributed by atoms with Gasteiger partial charge in [0.25, 0.3) is 0 Å². The lowest BCUT2D eigenvalue weighted by atomic mass is 10.1. The first-order chi connectivity index (χ1) is 9.52. The van der Waals surface area contributed by atoms with Crippen molar-refractivity contribution in [3.8, 4) is 0 Å². The van der Waals surface area contributed by atoms with Crippen molar-refractivity contribution in [1.82, 2.24) is 10.3 Å². The zero-order chi connectivity index (χ0) is 14.7. The summed E-state index contributed by atoms with van der Waals surface area (Å²) in [6, 6.07) is 2.44. The maximum absolute atomic E-state index is 10.8. The average Bonchev–Trinajstić information content (AvgIpc) is 2.86. The molecule has 1 heterocycles. The predicted octanol–water partition coefficient (Wildman–Crippen LogP) is 1.80. The highest BCUT2D eigenvalue weighted by atomic mass is 16.6. The lowest BCUT2D eigenvalue weighted by Gasteiger charge is -2.15. The number of aromatic nitrogens is 2. The number of carboxylic acid groups (broad SMARTS) is 1. The number of carbonyl (C=O) groups is 1. The van der Waals surface area contributed by atoms with Gasteiger partial charge in [-0.2, -0.15) is 0 Å². The number of rotatable bonds is 6. The van der Waals surface area contributed by atoms with Crippen LogP contribution < -0.4 is 5.32 Å². The molecule has 0 aliphatic carbocycles. The third-order valence-corrected chi connectivity index (χ3v) is 2.86. The Balaban J connectivity index is 2.36. The molecule has 1 unspecified atom stereocenters. The second kappa shape index (κ2) is 5.51. The van der Waals surface area contributed by atoms with Gasteiger partial charge in [-0.25, -0.2) is 4.63 Å². The summed E-state index contributed by atoms with van der Waals surface area (Å²) in [5.74, 6) is -0.930. The van der Waals surface area contributed by atoms with Crippen LogP contribution in [0.5, 0.6) is 0 Å². The highest BCUT2D eigenvalue weighted by Crippen LogP contribution is 2.29. The fourth-order valence-electron chi connectivity index (χ4n) is 1.85. The van der Waals surface area contributed by atoms with E-state index >= 15 is 0 Å². The van der Waals surface area contributed by atoms with E-state index in [4.69, 9.17) is 5.11 Å². The molecule has 9 nitrogen and oxygen atoms in total. The van der Waals surface area contributed by atoms with Crippen molar-refractivity contribution in [2.75, 3.05) is 5.32 Å². The van der Waals surface area contributed by atoms with Crippen LogP contribution in [0.4, 0.5) is 11.4 Å². The molecule has 0 spiro atoms. The Labute approximate surface area is 112 Å². The first-order valence-corrected chi connectivity index (χ1v) is 5.91. The zero-order valence-electron chi connectivity index (χ0n) is 10.6. The number of anilines is 1. The topological polar surface area (TPSA) is 131 Å². The monoisotopic (exact) mass is 280 g/mol. The smallest absolute Gasteiger partial charge is 0.305 e. The molecule has 9 heteroatoms. The number of benzene rings is 1. The van der Waals surface area contributed by atoms with Crippen LogP contribution >= 0.6 is 0 Å². The van der Waals surface area contributed by atoms with Crippen LogP contribution in [0.1, 0.15) is 19.8 Å². The minimum absolute atomic E-state index is 0.0326. The molecule has 1 aromatic carbocycles.